The van der Waals surface area contributed by atoms with E-state index in [9.17, 15) is 9.18 Å². The summed E-state index contributed by atoms with van der Waals surface area (Å²) in [6.45, 7) is 4.16. The van der Waals surface area contributed by atoms with Crippen LogP contribution in [0, 0.1) is 5.82 Å². The van der Waals surface area contributed by atoms with Crippen LogP contribution in [-0.2, 0) is 9.53 Å². The minimum Gasteiger partial charge on any atom is -0.379 e. The number of rotatable bonds is 6. The van der Waals surface area contributed by atoms with Crippen molar-refractivity contribution < 1.29 is 13.9 Å². The van der Waals surface area contributed by atoms with Crippen LogP contribution in [0.3, 0.4) is 0 Å². The van der Waals surface area contributed by atoms with E-state index < -0.39 is 6.04 Å². The van der Waals surface area contributed by atoms with Crippen molar-refractivity contribution in [2.24, 2.45) is 0 Å². The van der Waals surface area contributed by atoms with Gasteiger partial charge in [0.15, 0.2) is 0 Å². The summed E-state index contributed by atoms with van der Waals surface area (Å²) < 4.78 is 19.8. The molecule has 1 aromatic carbocycles. The Morgan fingerprint density at radius 3 is 2.54 bits per heavy atom. The fourth-order valence-electron chi connectivity index (χ4n) is 4.24. The van der Waals surface area contributed by atoms with E-state index in [1.54, 1.807) is 23.1 Å². The fraction of sp³-hybridized carbons (Fsp3) is 0.650. The molecule has 6 heteroatoms. The molecular formula is C20H30FN3O2. The summed E-state index contributed by atoms with van der Waals surface area (Å²) in [5.74, 6) is -0.453. The number of likely N-dealkylation sites (N-methyl/N-ethyl adjacent to an activating group) is 1. The average molecular weight is 363 g/mol. The van der Waals surface area contributed by atoms with Crippen molar-refractivity contribution in [2.45, 2.75) is 37.3 Å². The lowest BCUT2D eigenvalue weighted by atomic mass is 9.94. The summed E-state index contributed by atoms with van der Waals surface area (Å²) in [7, 11) is 3.64. The maximum atomic E-state index is 14.3. The van der Waals surface area contributed by atoms with Crippen LogP contribution in [0.5, 0.6) is 0 Å². The number of hydrogen-bond donors (Lipinski definition) is 1. The number of amides is 1. The Balaban J connectivity index is 1.76. The normalized spacial score (nSPS) is 21.7. The van der Waals surface area contributed by atoms with Crippen molar-refractivity contribution in [2.75, 3.05) is 46.9 Å². The van der Waals surface area contributed by atoms with E-state index in [2.05, 4.69) is 10.2 Å². The van der Waals surface area contributed by atoms with Crippen LogP contribution in [-0.4, -0.2) is 68.2 Å². The maximum absolute atomic E-state index is 14.3. The van der Waals surface area contributed by atoms with Crippen LogP contribution in [0.15, 0.2) is 24.3 Å². The van der Waals surface area contributed by atoms with Gasteiger partial charge in [-0.2, -0.15) is 0 Å². The van der Waals surface area contributed by atoms with E-state index >= 15 is 0 Å². The van der Waals surface area contributed by atoms with Gasteiger partial charge in [-0.15, -0.1) is 0 Å². The third-order valence-electron chi connectivity index (χ3n) is 5.54. The lowest BCUT2D eigenvalue weighted by Crippen LogP contribution is -2.57. The van der Waals surface area contributed by atoms with E-state index in [1.165, 1.54) is 6.07 Å². The number of hydrogen-bond acceptors (Lipinski definition) is 4. The predicted octanol–water partition coefficient (Wildman–Crippen LogP) is 2.19. The highest BCUT2D eigenvalue weighted by molar-refractivity contribution is 5.84. The van der Waals surface area contributed by atoms with Gasteiger partial charge in [0.1, 0.15) is 11.9 Å². The quantitative estimate of drug-likeness (QED) is 0.842. The van der Waals surface area contributed by atoms with Crippen LogP contribution in [0.2, 0.25) is 0 Å². The zero-order chi connectivity index (χ0) is 18.6. The number of carbonyl (C=O) groups is 1. The van der Waals surface area contributed by atoms with E-state index in [4.69, 9.17) is 4.74 Å². The second-order valence-electron chi connectivity index (χ2n) is 7.75. The number of carbonyl (C=O) groups excluding carboxylic acids is 1. The molecule has 0 aromatic heterocycles. The van der Waals surface area contributed by atoms with Crippen molar-refractivity contribution in [3.63, 3.8) is 0 Å². The van der Waals surface area contributed by atoms with Gasteiger partial charge in [-0.05, 0) is 33.0 Å². The van der Waals surface area contributed by atoms with Crippen LogP contribution < -0.4 is 5.32 Å². The van der Waals surface area contributed by atoms with Gasteiger partial charge >= 0.3 is 0 Å². The summed E-state index contributed by atoms with van der Waals surface area (Å²) >= 11 is 0. The highest BCUT2D eigenvalue weighted by Crippen LogP contribution is 2.32. The summed E-state index contributed by atoms with van der Waals surface area (Å²) in [6.07, 6.45) is 4.20. The molecule has 1 aromatic rings. The molecule has 1 unspecified atom stereocenters. The lowest BCUT2D eigenvalue weighted by molar-refractivity contribution is -0.128. The summed E-state index contributed by atoms with van der Waals surface area (Å²) in [5, 5.41) is 3.32. The molecule has 0 spiro atoms. The van der Waals surface area contributed by atoms with Gasteiger partial charge in [-0.3, -0.25) is 14.6 Å². The first-order chi connectivity index (χ1) is 12.5. The van der Waals surface area contributed by atoms with Gasteiger partial charge in [0.25, 0.3) is 0 Å². The van der Waals surface area contributed by atoms with E-state index in [0.29, 0.717) is 5.56 Å². The largest absolute Gasteiger partial charge is 0.379 e. The maximum Gasteiger partial charge on any atom is 0.242 e. The monoisotopic (exact) mass is 363 g/mol. The average Bonchev–Trinajstić information content (AvgIpc) is 3.05. The van der Waals surface area contributed by atoms with Crippen molar-refractivity contribution in [1.82, 2.24) is 15.1 Å². The number of nitrogens with one attached hydrogen (secondary N) is 1. The molecule has 1 amide bonds. The van der Waals surface area contributed by atoms with Gasteiger partial charge in [0.05, 0.1) is 18.8 Å². The molecule has 144 valence electrons. The molecule has 0 radical (unpaired) electrons. The number of halogens is 1. The molecular weight excluding hydrogens is 333 g/mol. The van der Waals surface area contributed by atoms with Crippen LogP contribution >= 0.6 is 0 Å². The molecule has 2 fully saturated rings. The van der Waals surface area contributed by atoms with Gasteiger partial charge < -0.3 is 10.1 Å². The Kier molecular flexibility index (Phi) is 6.27. The summed E-state index contributed by atoms with van der Waals surface area (Å²) in [5.41, 5.74) is 0.211. The van der Waals surface area contributed by atoms with E-state index in [0.717, 1.165) is 58.5 Å². The Morgan fingerprint density at radius 2 is 1.92 bits per heavy atom. The Morgan fingerprint density at radius 1 is 1.27 bits per heavy atom. The molecule has 1 atom stereocenters. The zero-order valence-corrected chi connectivity index (χ0v) is 15.8. The predicted molar refractivity (Wildman–Crippen MR) is 99.4 cm³/mol. The molecule has 0 bridgehead atoms. The van der Waals surface area contributed by atoms with Crippen LogP contribution in [0.4, 0.5) is 4.39 Å². The topological polar surface area (TPSA) is 44.8 Å². The second kappa shape index (κ2) is 8.46. The highest BCUT2D eigenvalue weighted by Gasteiger charge is 2.39. The number of morpholine rings is 1. The molecule has 1 heterocycles. The Labute approximate surface area is 155 Å². The molecule has 1 aliphatic heterocycles. The van der Waals surface area contributed by atoms with Gasteiger partial charge in [-0.25, -0.2) is 4.39 Å². The number of ether oxygens (including phenoxy) is 1. The molecule has 1 aliphatic carbocycles. The third-order valence-corrected chi connectivity index (χ3v) is 5.54. The smallest absolute Gasteiger partial charge is 0.242 e. The van der Waals surface area contributed by atoms with Crippen molar-refractivity contribution in [3.8, 4) is 0 Å². The fourth-order valence-corrected chi connectivity index (χ4v) is 4.24. The lowest BCUT2D eigenvalue weighted by Gasteiger charge is -2.39. The van der Waals surface area contributed by atoms with Gasteiger partial charge in [0.2, 0.25) is 5.91 Å². The van der Waals surface area contributed by atoms with Crippen molar-refractivity contribution in [3.05, 3.63) is 35.6 Å². The standard InChI is InChI=1S/C20H30FN3O2/c1-23(2)18(16-7-3-4-8-17(16)21)19(25)22-20(9-5-6-10-20)15-24-11-13-26-14-12-24/h3-4,7-8,18H,5-6,9-15H2,1-2H3,(H,22,25). The van der Waals surface area contributed by atoms with Gasteiger partial charge in [0, 0.05) is 25.2 Å². The van der Waals surface area contributed by atoms with Crippen LogP contribution in [0.25, 0.3) is 0 Å². The van der Waals surface area contributed by atoms with E-state index in [-0.39, 0.29) is 17.3 Å². The SMILES string of the molecule is CN(C)C(C(=O)NC1(CN2CCOCC2)CCCC1)c1ccccc1F. The minimum absolute atomic E-state index is 0.116. The van der Waals surface area contributed by atoms with Crippen LogP contribution in [0.1, 0.15) is 37.3 Å². The first kappa shape index (κ1) is 19.3. The summed E-state index contributed by atoms with van der Waals surface area (Å²) in [4.78, 5) is 17.3. The number of nitrogens with zero attached hydrogens (tertiary/aromatic N) is 2. The molecule has 2 aliphatic rings. The first-order valence-electron chi connectivity index (χ1n) is 9.54. The zero-order valence-electron chi connectivity index (χ0n) is 15.8. The third kappa shape index (κ3) is 4.42. The Bertz CT molecular complexity index is 611. The second-order valence-corrected chi connectivity index (χ2v) is 7.75. The molecule has 26 heavy (non-hydrogen) atoms. The van der Waals surface area contributed by atoms with E-state index in [1.807, 2.05) is 14.1 Å². The highest BCUT2D eigenvalue weighted by atomic mass is 19.1. The minimum atomic E-state index is -0.627. The molecule has 3 rings (SSSR count). The first-order valence-corrected chi connectivity index (χ1v) is 9.54. The molecule has 1 N–H and O–H groups in total. The van der Waals surface area contributed by atoms with Gasteiger partial charge in [-0.1, -0.05) is 31.0 Å². The molecule has 1 saturated heterocycles. The summed E-state index contributed by atoms with van der Waals surface area (Å²) in [6, 6.07) is 5.92. The van der Waals surface area contributed by atoms with Crippen molar-refractivity contribution >= 4 is 5.91 Å². The number of benzene rings is 1. The van der Waals surface area contributed by atoms with Crippen molar-refractivity contribution in [1.29, 1.82) is 0 Å². The Hall–Kier alpha value is -1.50. The molecule has 5 nitrogen and oxygen atoms in total. The molecule has 1 saturated carbocycles.